The third-order valence-corrected chi connectivity index (χ3v) is 6.84. The first kappa shape index (κ1) is 21.9. The standard InChI is InChI=1S/C26H23N3O4S/c1-4-33-25(31)22-15(2)28-26-29(23(22)16-9-11-18(32-3)12-10-16)24(30)21(34-26)13-17-14-27-20-8-6-5-7-19(17)20/h5-14,23,27H,4H2,1-3H3/b21-13-. The first-order valence-corrected chi connectivity index (χ1v) is 11.7. The molecular weight excluding hydrogens is 450 g/mol. The Hall–Kier alpha value is -3.91. The lowest BCUT2D eigenvalue weighted by Gasteiger charge is -2.24. The number of esters is 1. The van der Waals surface area contributed by atoms with Crippen molar-refractivity contribution in [2.24, 2.45) is 4.99 Å². The molecule has 1 N–H and O–H groups in total. The van der Waals surface area contributed by atoms with Crippen molar-refractivity contribution in [3.05, 3.63) is 96.8 Å². The molecule has 1 unspecified atom stereocenters. The SMILES string of the molecule is CCOC(=O)C1=C(C)N=c2s/c(=C\c3c[nH]c4ccccc34)c(=O)n2C1c1ccc(OC)cc1. The van der Waals surface area contributed by atoms with Gasteiger partial charge in [-0.1, -0.05) is 41.7 Å². The maximum atomic E-state index is 13.7. The molecule has 0 saturated carbocycles. The van der Waals surface area contributed by atoms with E-state index in [4.69, 9.17) is 9.47 Å². The van der Waals surface area contributed by atoms with Crippen LogP contribution in [0.25, 0.3) is 17.0 Å². The fraction of sp³-hybridized carbons (Fsp3) is 0.192. The summed E-state index contributed by atoms with van der Waals surface area (Å²) in [5.41, 5.74) is 3.39. The number of methoxy groups -OCH3 is 1. The van der Waals surface area contributed by atoms with Crippen LogP contribution in [0.1, 0.15) is 31.0 Å². The average Bonchev–Trinajstić information content (AvgIpc) is 3.39. The first-order chi connectivity index (χ1) is 16.5. The summed E-state index contributed by atoms with van der Waals surface area (Å²) in [7, 11) is 1.59. The molecule has 0 saturated heterocycles. The van der Waals surface area contributed by atoms with Crippen LogP contribution in [0, 0.1) is 0 Å². The van der Waals surface area contributed by atoms with Gasteiger partial charge in [-0.25, -0.2) is 9.79 Å². The molecule has 3 heterocycles. The van der Waals surface area contributed by atoms with E-state index in [0.717, 1.165) is 22.0 Å². The Morgan fingerprint density at radius 3 is 2.71 bits per heavy atom. The van der Waals surface area contributed by atoms with Crippen molar-refractivity contribution in [2.45, 2.75) is 19.9 Å². The Bertz CT molecular complexity index is 1610. The molecule has 0 bridgehead atoms. The summed E-state index contributed by atoms with van der Waals surface area (Å²) in [6, 6.07) is 14.6. The normalized spacial score (nSPS) is 15.9. The predicted molar refractivity (Wildman–Crippen MR) is 132 cm³/mol. The van der Waals surface area contributed by atoms with Crippen LogP contribution in [-0.4, -0.2) is 29.2 Å². The van der Waals surface area contributed by atoms with E-state index < -0.39 is 12.0 Å². The number of nitrogens with zero attached hydrogens (tertiary/aromatic N) is 2. The van der Waals surface area contributed by atoms with Gasteiger partial charge in [0.15, 0.2) is 4.80 Å². The second-order valence-corrected chi connectivity index (χ2v) is 8.87. The number of hydrogen-bond acceptors (Lipinski definition) is 6. The van der Waals surface area contributed by atoms with Crippen molar-refractivity contribution < 1.29 is 14.3 Å². The molecule has 0 radical (unpaired) electrons. The fourth-order valence-electron chi connectivity index (χ4n) is 4.25. The van der Waals surface area contributed by atoms with Crippen LogP contribution >= 0.6 is 11.3 Å². The maximum absolute atomic E-state index is 13.7. The van der Waals surface area contributed by atoms with Crippen molar-refractivity contribution in [1.29, 1.82) is 0 Å². The number of fused-ring (bicyclic) bond motifs is 2. The van der Waals surface area contributed by atoms with Gasteiger partial charge in [0, 0.05) is 22.7 Å². The predicted octanol–water partition coefficient (Wildman–Crippen LogP) is 3.29. The molecule has 2 aromatic carbocycles. The van der Waals surface area contributed by atoms with Gasteiger partial charge in [0.1, 0.15) is 5.75 Å². The third kappa shape index (κ3) is 3.66. The zero-order valence-electron chi connectivity index (χ0n) is 19.0. The minimum absolute atomic E-state index is 0.204. The molecule has 4 aromatic rings. The monoisotopic (exact) mass is 473 g/mol. The van der Waals surface area contributed by atoms with Crippen LogP contribution in [0.2, 0.25) is 0 Å². The van der Waals surface area contributed by atoms with E-state index >= 15 is 0 Å². The van der Waals surface area contributed by atoms with Crippen LogP contribution in [0.15, 0.2) is 75.8 Å². The average molecular weight is 474 g/mol. The first-order valence-electron chi connectivity index (χ1n) is 10.9. The van der Waals surface area contributed by atoms with Gasteiger partial charge < -0.3 is 14.5 Å². The second kappa shape index (κ2) is 8.79. The smallest absolute Gasteiger partial charge is 0.338 e. The summed E-state index contributed by atoms with van der Waals surface area (Å²) in [5.74, 6) is 0.212. The number of benzene rings is 2. The van der Waals surface area contributed by atoms with Crippen LogP contribution in [-0.2, 0) is 9.53 Å². The number of ether oxygens (including phenoxy) is 2. The van der Waals surface area contributed by atoms with Crippen molar-refractivity contribution in [3.63, 3.8) is 0 Å². The van der Waals surface area contributed by atoms with Gasteiger partial charge in [0.25, 0.3) is 5.56 Å². The van der Waals surface area contributed by atoms with E-state index in [1.54, 1.807) is 25.5 Å². The van der Waals surface area contributed by atoms with E-state index in [1.165, 1.54) is 11.3 Å². The van der Waals surface area contributed by atoms with Gasteiger partial charge in [-0.3, -0.25) is 9.36 Å². The van der Waals surface area contributed by atoms with Gasteiger partial charge >= 0.3 is 5.97 Å². The molecule has 1 aliphatic rings. The topological polar surface area (TPSA) is 85.7 Å². The molecule has 0 fully saturated rings. The lowest BCUT2D eigenvalue weighted by Crippen LogP contribution is -2.39. The lowest BCUT2D eigenvalue weighted by atomic mass is 9.96. The number of allylic oxidation sites excluding steroid dienone is 1. The largest absolute Gasteiger partial charge is 0.497 e. The highest BCUT2D eigenvalue weighted by atomic mass is 32.1. The molecule has 5 rings (SSSR count). The van der Waals surface area contributed by atoms with Crippen LogP contribution in [0.3, 0.4) is 0 Å². The van der Waals surface area contributed by atoms with Crippen LogP contribution in [0.5, 0.6) is 5.75 Å². The lowest BCUT2D eigenvalue weighted by molar-refractivity contribution is -0.139. The highest BCUT2D eigenvalue weighted by Crippen LogP contribution is 2.31. The Balaban J connectivity index is 1.73. The molecule has 2 aromatic heterocycles. The summed E-state index contributed by atoms with van der Waals surface area (Å²) >= 11 is 1.31. The van der Waals surface area contributed by atoms with Gasteiger partial charge in [-0.05, 0) is 43.7 Å². The minimum atomic E-state index is -0.647. The van der Waals surface area contributed by atoms with Crippen molar-refractivity contribution in [2.75, 3.05) is 13.7 Å². The molecule has 8 heteroatoms. The number of thiazole rings is 1. The van der Waals surface area contributed by atoms with Gasteiger partial charge in [-0.2, -0.15) is 0 Å². The highest BCUT2D eigenvalue weighted by molar-refractivity contribution is 7.07. The molecule has 34 heavy (non-hydrogen) atoms. The Morgan fingerprint density at radius 2 is 1.97 bits per heavy atom. The molecular formula is C26H23N3O4S. The van der Waals surface area contributed by atoms with E-state index in [2.05, 4.69) is 9.98 Å². The van der Waals surface area contributed by atoms with E-state index in [9.17, 15) is 9.59 Å². The maximum Gasteiger partial charge on any atom is 0.338 e. The number of nitrogens with one attached hydrogen (secondary N) is 1. The number of carbonyl (C=O) groups is 1. The third-order valence-electron chi connectivity index (χ3n) is 5.86. The summed E-state index contributed by atoms with van der Waals surface area (Å²) in [4.78, 5) is 35.0. The Labute approximate surface area is 199 Å². The number of rotatable bonds is 5. The number of para-hydroxylation sites is 1. The fourth-order valence-corrected chi connectivity index (χ4v) is 5.29. The van der Waals surface area contributed by atoms with E-state index in [-0.39, 0.29) is 12.2 Å². The molecule has 1 aliphatic heterocycles. The molecule has 0 amide bonds. The summed E-state index contributed by atoms with van der Waals surface area (Å²) in [5, 5.41) is 1.03. The number of hydrogen-bond donors (Lipinski definition) is 1. The van der Waals surface area contributed by atoms with E-state index in [0.29, 0.717) is 26.4 Å². The Kier molecular flexibility index (Phi) is 5.67. The van der Waals surface area contributed by atoms with Crippen molar-refractivity contribution in [1.82, 2.24) is 9.55 Å². The number of H-pyrrole nitrogens is 1. The zero-order valence-corrected chi connectivity index (χ0v) is 19.8. The molecule has 0 spiro atoms. The number of aromatic amines is 1. The summed E-state index contributed by atoms with van der Waals surface area (Å²) in [6.45, 7) is 3.77. The van der Waals surface area contributed by atoms with Crippen molar-refractivity contribution >= 4 is 34.3 Å². The van der Waals surface area contributed by atoms with Crippen LogP contribution in [0.4, 0.5) is 0 Å². The Morgan fingerprint density at radius 1 is 1.21 bits per heavy atom. The highest BCUT2D eigenvalue weighted by Gasteiger charge is 2.33. The second-order valence-electron chi connectivity index (χ2n) is 7.87. The van der Waals surface area contributed by atoms with Gasteiger partial charge in [0.05, 0.1) is 35.6 Å². The van der Waals surface area contributed by atoms with Crippen LogP contribution < -0.4 is 19.6 Å². The van der Waals surface area contributed by atoms with Gasteiger partial charge in [-0.15, -0.1) is 0 Å². The molecule has 0 aliphatic carbocycles. The number of aromatic nitrogens is 2. The minimum Gasteiger partial charge on any atom is -0.497 e. The quantitative estimate of drug-likeness (QED) is 0.451. The van der Waals surface area contributed by atoms with E-state index in [1.807, 2.05) is 60.8 Å². The molecule has 172 valence electrons. The van der Waals surface area contributed by atoms with Crippen molar-refractivity contribution in [3.8, 4) is 5.75 Å². The molecule has 7 nitrogen and oxygen atoms in total. The molecule has 1 atom stereocenters. The zero-order chi connectivity index (χ0) is 23.8. The number of carbonyl (C=O) groups excluding carboxylic acids is 1. The summed E-state index contributed by atoms with van der Waals surface area (Å²) in [6.07, 6.45) is 3.76. The van der Waals surface area contributed by atoms with Gasteiger partial charge in [0.2, 0.25) is 0 Å². The summed E-state index contributed by atoms with van der Waals surface area (Å²) < 4.78 is 12.8.